The molecule has 2 heteroatoms. The Morgan fingerprint density at radius 3 is 2.05 bits per heavy atom. The second-order valence-electron chi connectivity index (χ2n) is 6.73. The Balaban J connectivity index is 4.34. The molecule has 0 fully saturated rings. The van der Waals surface area contributed by atoms with Gasteiger partial charge in [-0.05, 0) is 27.2 Å². The Labute approximate surface area is 119 Å². The van der Waals surface area contributed by atoms with Crippen molar-refractivity contribution in [2.45, 2.75) is 85.7 Å². The van der Waals surface area contributed by atoms with Crippen LogP contribution in [0.25, 0.3) is 0 Å². The van der Waals surface area contributed by atoms with E-state index in [1.165, 1.54) is 32.1 Å². The summed E-state index contributed by atoms with van der Waals surface area (Å²) in [5, 5.41) is 0. The first-order valence-corrected chi connectivity index (χ1v) is 7.53. The summed E-state index contributed by atoms with van der Waals surface area (Å²) in [5.41, 5.74) is -0.0233. The van der Waals surface area contributed by atoms with Crippen LogP contribution in [0.15, 0.2) is 12.2 Å². The average molecular weight is 268 g/mol. The summed E-state index contributed by atoms with van der Waals surface area (Å²) < 4.78 is 5.60. The van der Waals surface area contributed by atoms with Gasteiger partial charge in [0, 0.05) is 11.0 Å². The molecule has 0 aliphatic carbocycles. The van der Waals surface area contributed by atoms with Crippen LogP contribution in [0.4, 0.5) is 0 Å². The fourth-order valence-electron chi connectivity index (χ4n) is 1.93. The molecule has 0 aliphatic heterocycles. The van der Waals surface area contributed by atoms with Gasteiger partial charge in [-0.2, -0.15) is 0 Å². The molecule has 0 aromatic heterocycles. The minimum Gasteiger partial charge on any atom is -0.456 e. The number of carbonyl (C=O) groups is 1. The molecule has 0 spiro atoms. The zero-order valence-corrected chi connectivity index (χ0v) is 13.8. The molecular formula is C17H32O2. The largest absolute Gasteiger partial charge is 0.456 e. The summed E-state index contributed by atoms with van der Waals surface area (Å²) in [4.78, 5) is 11.7. The predicted octanol–water partition coefficient (Wildman–Crippen LogP) is 5.27. The van der Waals surface area contributed by atoms with Gasteiger partial charge in [-0.15, -0.1) is 0 Å². The van der Waals surface area contributed by atoms with Gasteiger partial charge in [-0.25, -0.2) is 4.79 Å². The van der Waals surface area contributed by atoms with Gasteiger partial charge in [-0.1, -0.05) is 59.5 Å². The molecule has 0 amide bonds. The lowest BCUT2D eigenvalue weighted by molar-refractivity contribution is -0.164. The van der Waals surface area contributed by atoms with Crippen molar-refractivity contribution in [3.05, 3.63) is 12.2 Å². The molecule has 0 saturated carbocycles. The van der Waals surface area contributed by atoms with E-state index in [9.17, 15) is 4.79 Å². The third kappa shape index (κ3) is 6.26. The molecular weight excluding hydrogens is 236 g/mol. The standard InChI is InChI=1S/C17H32O2/c1-8-9-10-11-12-13-16(4,5)17(6,7)19-15(18)14(2)3/h2,8-13H2,1,3-7H3. The smallest absolute Gasteiger partial charge is 0.333 e. The van der Waals surface area contributed by atoms with Gasteiger partial charge >= 0.3 is 5.97 Å². The highest BCUT2D eigenvalue weighted by Gasteiger charge is 2.39. The van der Waals surface area contributed by atoms with Crippen LogP contribution in [0.2, 0.25) is 0 Å². The first-order chi connectivity index (χ1) is 8.64. The van der Waals surface area contributed by atoms with Gasteiger partial charge in [0.2, 0.25) is 0 Å². The molecule has 0 atom stereocenters. The summed E-state index contributed by atoms with van der Waals surface area (Å²) in [6, 6.07) is 0. The van der Waals surface area contributed by atoms with Crippen LogP contribution in [0, 0.1) is 5.41 Å². The first-order valence-electron chi connectivity index (χ1n) is 7.53. The molecule has 0 saturated heterocycles. The Morgan fingerprint density at radius 2 is 1.58 bits per heavy atom. The number of hydrogen-bond acceptors (Lipinski definition) is 2. The second-order valence-corrected chi connectivity index (χ2v) is 6.73. The molecule has 0 unspecified atom stereocenters. The quantitative estimate of drug-likeness (QED) is 0.323. The van der Waals surface area contributed by atoms with Gasteiger partial charge < -0.3 is 4.74 Å². The van der Waals surface area contributed by atoms with E-state index in [4.69, 9.17) is 4.74 Å². The van der Waals surface area contributed by atoms with Crippen LogP contribution in [0.5, 0.6) is 0 Å². The Kier molecular flexibility index (Phi) is 7.39. The summed E-state index contributed by atoms with van der Waals surface area (Å²) in [6.45, 7) is 15.9. The zero-order valence-electron chi connectivity index (χ0n) is 13.8. The Bertz CT molecular complexity index is 300. The number of hydrogen-bond donors (Lipinski definition) is 0. The first kappa shape index (κ1) is 18.2. The van der Waals surface area contributed by atoms with Crippen LogP contribution in [0.3, 0.4) is 0 Å². The molecule has 0 N–H and O–H groups in total. The maximum Gasteiger partial charge on any atom is 0.333 e. The second kappa shape index (κ2) is 7.72. The van der Waals surface area contributed by atoms with Gasteiger partial charge in [0.15, 0.2) is 0 Å². The highest BCUT2D eigenvalue weighted by atomic mass is 16.6. The lowest BCUT2D eigenvalue weighted by Crippen LogP contribution is -2.43. The zero-order chi connectivity index (χ0) is 15.1. The topological polar surface area (TPSA) is 26.3 Å². The van der Waals surface area contributed by atoms with Crippen LogP contribution >= 0.6 is 0 Å². The highest BCUT2D eigenvalue weighted by Crippen LogP contribution is 2.39. The summed E-state index contributed by atoms with van der Waals surface area (Å²) >= 11 is 0. The molecule has 19 heavy (non-hydrogen) atoms. The number of unbranched alkanes of at least 4 members (excludes halogenated alkanes) is 4. The lowest BCUT2D eigenvalue weighted by Gasteiger charge is -2.41. The normalized spacial score (nSPS) is 12.3. The SMILES string of the molecule is C=C(C)C(=O)OC(C)(C)C(C)(C)CCCCCCC. The van der Waals surface area contributed by atoms with Crippen molar-refractivity contribution < 1.29 is 9.53 Å². The van der Waals surface area contributed by atoms with Crippen LogP contribution in [-0.4, -0.2) is 11.6 Å². The van der Waals surface area contributed by atoms with Crippen molar-refractivity contribution in [3.8, 4) is 0 Å². The Hall–Kier alpha value is -0.790. The van der Waals surface area contributed by atoms with E-state index in [1.807, 2.05) is 13.8 Å². The van der Waals surface area contributed by atoms with Gasteiger partial charge in [0.25, 0.3) is 0 Å². The van der Waals surface area contributed by atoms with Gasteiger partial charge in [0.1, 0.15) is 5.60 Å². The van der Waals surface area contributed by atoms with E-state index < -0.39 is 5.60 Å². The number of rotatable bonds is 9. The predicted molar refractivity (Wildman–Crippen MR) is 82.1 cm³/mol. The molecule has 0 aliphatic rings. The van der Waals surface area contributed by atoms with E-state index in [0.717, 1.165) is 6.42 Å². The average Bonchev–Trinajstić information content (AvgIpc) is 2.27. The maximum atomic E-state index is 11.7. The molecule has 0 aromatic carbocycles. The lowest BCUT2D eigenvalue weighted by atomic mass is 9.73. The van der Waals surface area contributed by atoms with Crippen molar-refractivity contribution in [3.63, 3.8) is 0 Å². The van der Waals surface area contributed by atoms with Crippen molar-refractivity contribution in [2.75, 3.05) is 0 Å². The third-order valence-electron chi connectivity index (χ3n) is 4.23. The fraction of sp³-hybridized carbons (Fsp3) is 0.824. The molecule has 0 radical (unpaired) electrons. The van der Waals surface area contributed by atoms with Crippen LogP contribution in [0.1, 0.15) is 80.1 Å². The molecule has 0 heterocycles. The van der Waals surface area contributed by atoms with Gasteiger partial charge in [-0.3, -0.25) is 0 Å². The summed E-state index contributed by atoms with van der Waals surface area (Å²) in [6.07, 6.45) is 7.42. The van der Waals surface area contributed by atoms with E-state index in [-0.39, 0.29) is 11.4 Å². The molecule has 0 bridgehead atoms. The number of ether oxygens (including phenoxy) is 1. The summed E-state index contributed by atoms with van der Waals surface area (Å²) in [7, 11) is 0. The van der Waals surface area contributed by atoms with E-state index >= 15 is 0 Å². The van der Waals surface area contributed by atoms with E-state index in [2.05, 4.69) is 27.4 Å². The molecule has 0 rings (SSSR count). The van der Waals surface area contributed by atoms with Crippen molar-refractivity contribution >= 4 is 5.97 Å². The number of carbonyl (C=O) groups excluding carboxylic acids is 1. The van der Waals surface area contributed by atoms with Crippen molar-refractivity contribution in [1.29, 1.82) is 0 Å². The maximum absolute atomic E-state index is 11.7. The van der Waals surface area contributed by atoms with E-state index in [0.29, 0.717) is 5.57 Å². The molecule has 0 aromatic rings. The number of esters is 1. The molecule has 2 nitrogen and oxygen atoms in total. The summed E-state index contributed by atoms with van der Waals surface area (Å²) in [5.74, 6) is -0.288. The van der Waals surface area contributed by atoms with Crippen LogP contribution < -0.4 is 0 Å². The highest BCUT2D eigenvalue weighted by molar-refractivity contribution is 5.87. The van der Waals surface area contributed by atoms with Crippen molar-refractivity contribution in [2.24, 2.45) is 5.41 Å². The Morgan fingerprint density at radius 1 is 1.05 bits per heavy atom. The minimum atomic E-state index is -0.464. The van der Waals surface area contributed by atoms with E-state index in [1.54, 1.807) is 6.92 Å². The minimum absolute atomic E-state index is 0.0235. The monoisotopic (exact) mass is 268 g/mol. The third-order valence-corrected chi connectivity index (χ3v) is 4.23. The van der Waals surface area contributed by atoms with Crippen LogP contribution in [-0.2, 0) is 9.53 Å². The van der Waals surface area contributed by atoms with Crippen molar-refractivity contribution in [1.82, 2.24) is 0 Å². The van der Waals surface area contributed by atoms with Gasteiger partial charge in [0.05, 0.1) is 0 Å². The molecule has 112 valence electrons. The fourth-order valence-corrected chi connectivity index (χ4v) is 1.93.